The van der Waals surface area contributed by atoms with Gasteiger partial charge in [-0.15, -0.1) is 0 Å². The summed E-state index contributed by atoms with van der Waals surface area (Å²) in [6.07, 6.45) is 1.14. The average molecular weight is 309 g/mol. The Bertz CT molecular complexity index is 420. The second kappa shape index (κ2) is 5.31. The van der Waals surface area contributed by atoms with E-state index < -0.39 is 0 Å². The van der Waals surface area contributed by atoms with Gasteiger partial charge in [0.15, 0.2) is 7.14 Å². The van der Waals surface area contributed by atoms with E-state index in [0.717, 1.165) is 6.42 Å². The molecule has 0 saturated carbocycles. The van der Waals surface area contributed by atoms with Gasteiger partial charge in [-0.3, -0.25) is 0 Å². The quantitative estimate of drug-likeness (QED) is 0.719. The molecule has 2 aromatic carbocycles. The van der Waals surface area contributed by atoms with E-state index in [9.17, 15) is 0 Å². The second-order valence-electron chi connectivity index (χ2n) is 3.34. The maximum Gasteiger partial charge on any atom is 0.358 e. The van der Waals surface area contributed by atoms with Gasteiger partial charge in [0, 0.05) is 5.56 Å². The Morgan fingerprint density at radius 2 is 1.53 bits per heavy atom. The number of aryl methyl sites for hydroxylation is 1. The number of halogens is 1. The van der Waals surface area contributed by atoms with Crippen molar-refractivity contribution in [1.29, 1.82) is 0 Å². The first-order chi connectivity index (χ1) is 7.40. The first-order valence-electron chi connectivity index (χ1n) is 5.18. The third kappa shape index (κ3) is 2.81. The molecule has 0 fully saturated rings. The van der Waals surface area contributed by atoms with Gasteiger partial charge in [-0.05, 0) is 24.6 Å². The Kier molecular flexibility index (Phi) is 3.78. The van der Waals surface area contributed by atoms with Gasteiger partial charge < -0.3 is 0 Å². The molecular formula is C14H14I+. The second-order valence-corrected chi connectivity index (χ2v) is 6.28. The van der Waals surface area contributed by atoms with Gasteiger partial charge >= 0.3 is 21.2 Å². The molecule has 2 rings (SSSR count). The highest BCUT2D eigenvalue weighted by Gasteiger charge is 2.17. The van der Waals surface area contributed by atoms with Crippen LogP contribution in [0, 0.1) is 7.14 Å². The molecule has 0 bridgehead atoms. The summed E-state index contributed by atoms with van der Waals surface area (Å²) in [5.74, 6) is 0. The molecule has 0 N–H and O–H groups in total. The summed E-state index contributed by atoms with van der Waals surface area (Å²) >= 11 is 0.000626. The van der Waals surface area contributed by atoms with Gasteiger partial charge in [0.1, 0.15) is 0 Å². The molecule has 0 atom stereocenters. The molecule has 15 heavy (non-hydrogen) atoms. The van der Waals surface area contributed by atoms with Crippen molar-refractivity contribution in [3.63, 3.8) is 0 Å². The minimum absolute atomic E-state index is 0.000626. The molecular weight excluding hydrogens is 295 g/mol. The van der Waals surface area contributed by atoms with Crippen molar-refractivity contribution in [3.05, 3.63) is 67.3 Å². The van der Waals surface area contributed by atoms with Crippen molar-refractivity contribution in [3.8, 4) is 0 Å². The molecule has 0 nitrogen and oxygen atoms in total. The third-order valence-corrected chi connectivity index (χ3v) is 5.26. The molecule has 0 heterocycles. The Labute approximate surface area is 102 Å². The molecule has 2 aromatic rings. The van der Waals surface area contributed by atoms with Crippen LogP contribution in [0.25, 0.3) is 0 Å². The van der Waals surface area contributed by atoms with Gasteiger partial charge in [0.05, 0.1) is 0 Å². The molecule has 0 unspecified atom stereocenters. The van der Waals surface area contributed by atoms with E-state index in [1.807, 2.05) is 0 Å². The van der Waals surface area contributed by atoms with Crippen molar-refractivity contribution in [2.24, 2.45) is 0 Å². The van der Waals surface area contributed by atoms with E-state index in [0.29, 0.717) is 0 Å². The lowest BCUT2D eigenvalue weighted by molar-refractivity contribution is -0.598. The first kappa shape index (κ1) is 10.7. The lowest BCUT2D eigenvalue weighted by atomic mass is 10.2. The van der Waals surface area contributed by atoms with Gasteiger partial charge in [0.2, 0.25) is 0 Å². The van der Waals surface area contributed by atoms with Crippen LogP contribution in [0.4, 0.5) is 0 Å². The number of rotatable bonds is 3. The van der Waals surface area contributed by atoms with E-state index in [1.54, 1.807) is 3.57 Å². The summed E-state index contributed by atoms with van der Waals surface area (Å²) in [7, 11) is 0. The van der Waals surface area contributed by atoms with Crippen molar-refractivity contribution >= 4 is 0 Å². The van der Waals surface area contributed by atoms with E-state index in [-0.39, 0.29) is 21.2 Å². The third-order valence-electron chi connectivity index (χ3n) is 2.28. The van der Waals surface area contributed by atoms with Gasteiger partial charge in [-0.2, -0.15) is 0 Å². The zero-order valence-corrected chi connectivity index (χ0v) is 10.9. The van der Waals surface area contributed by atoms with E-state index in [1.165, 1.54) is 9.13 Å². The minimum Gasteiger partial charge on any atom is -0.0619 e. The smallest absolute Gasteiger partial charge is 0.0619 e. The first-order valence-corrected chi connectivity index (χ1v) is 7.33. The Balaban J connectivity index is 2.24. The minimum atomic E-state index is 0.000626. The fourth-order valence-electron chi connectivity index (χ4n) is 1.47. The zero-order chi connectivity index (χ0) is 10.5. The molecule has 0 radical (unpaired) electrons. The highest BCUT2D eigenvalue weighted by molar-refractivity contribution is 5.14. The summed E-state index contributed by atoms with van der Waals surface area (Å²) in [5, 5.41) is 0. The van der Waals surface area contributed by atoms with Crippen LogP contribution in [0.15, 0.2) is 54.6 Å². The van der Waals surface area contributed by atoms with E-state index >= 15 is 0 Å². The lowest BCUT2D eigenvalue weighted by Crippen LogP contribution is -3.61. The van der Waals surface area contributed by atoms with Crippen LogP contribution < -0.4 is 21.2 Å². The standard InChI is InChI=1S/C14H14I/c1-2-12-8-6-7-11-14(12)15-13-9-4-3-5-10-13/h3-11H,2H2,1H3/q+1. The fourth-order valence-corrected chi connectivity index (χ4v) is 4.21. The average Bonchev–Trinajstić information content (AvgIpc) is 2.31. The van der Waals surface area contributed by atoms with Gasteiger partial charge in [-0.1, -0.05) is 43.3 Å². The molecule has 0 spiro atoms. The van der Waals surface area contributed by atoms with Gasteiger partial charge in [0.25, 0.3) is 0 Å². The number of benzene rings is 2. The van der Waals surface area contributed by atoms with Crippen LogP contribution in [-0.4, -0.2) is 0 Å². The lowest BCUT2D eigenvalue weighted by Gasteiger charge is -1.94. The topological polar surface area (TPSA) is 0 Å². The summed E-state index contributed by atoms with van der Waals surface area (Å²) in [5.41, 5.74) is 1.51. The summed E-state index contributed by atoms with van der Waals surface area (Å²) in [4.78, 5) is 0. The summed E-state index contributed by atoms with van der Waals surface area (Å²) in [6.45, 7) is 2.23. The Hall–Kier alpha value is -0.830. The molecule has 76 valence electrons. The Morgan fingerprint density at radius 3 is 2.27 bits per heavy atom. The van der Waals surface area contributed by atoms with Crippen molar-refractivity contribution in [2.45, 2.75) is 13.3 Å². The summed E-state index contributed by atoms with van der Waals surface area (Å²) in [6, 6.07) is 19.6. The van der Waals surface area contributed by atoms with Crippen molar-refractivity contribution in [2.75, 3.05) is 0 Å². The van der Waals surface area contributed by atoms with Crippen LogP contribution >= 0.6 is 0 Å². The summed E-state index contributed by atoms with van der Waals surface area (Å²) < 4.78 is 3.06. The normalized spacial score (nSPS) is 10.2. The van der Waals surface area contributed by atoms with Crippen molar-refractivity contribution in [1.82, 2.24) is 0 Å². The van der Waals surface area contributed by atoms with Gasteiger partial charge in [-0.25, -0.2) is 0 Å². The fraction of sp³-hybridized carbons (Fsp3) is 0.143. The maximum atomic E-state index is 2.28. The zero-order valence-electron chi connectivity index (χ0n) is 8.78. The van der Waals surface area contributed by atoms with E-state index in [2.05, 4.69) is 61.5 Å². The van der Waals surface area contributed by atoms with Crippen LogP contribution in [-0.2, 0) is 6.42 Å². The van der Waals surface area contributed by atoms with E-state index in [4.69, 9.17) is 0 Å². The predicted molar refractivity (Wildman–Crippen MR) is 59.7 cm³/mol. The molecule has 0 saturated heterocycles. The van der Waals surface area contributed by atoms with Crippen LogP contribution in [0.2, 0.25) is 0 Å². The highest BCUT2D eigenvalue weighted by atomic mass is 127. The molecule has 0 amide bonds. The number of hydrogen-bond acceptors (Lipinski definition) is 0. The largest absolute Gasteiger partial charge is 0.358 e. The Morgan fingerprint density at radius 1 is 0.867 bits per heavy atom. The van der Waals surface area contributed by atoms with Crippen molar-refractivity contribution < 1.29 is 21.2 Å². The van der Waals surface area contributed by atoms with Crippen LogP contribution in [0.1, 0.15) is 12.5 Å². The molecule has 0 aromatic heterocycles. The molecule has 1 heteroatoms. The molecule has 0 aliphatic rings. The molecule has 0 aliphatic heterocycles. The van der Waals surface area contributed by atoms with Crippen LogP contribution in [0.3, 0.4) is 0 Å². The number of hydrogen-bond donors (Lipinski definition) is 0. The molecule has 0 aliphatic carbocycles. The predicted octanol–water partition coefficient (Wildman–Crippen LogP) is 0.377. The van der Waals surface area contributed by atoms with Crippen LogP contribution in [0.5, 0.6) is 0 Å². The monoisotopic (exact) mass is 309 g/mol. The highest BCUT2D eigenvalue weighted by Crippen LogP contribution is 1.98. The maximum absolute atomic E-state index is 2.28. The SMILES string of the molecule is CCc1ccccc1[I+]c1ccccc1.